The van der Waals surface area contributed by atoms with Gasteiger partial charge in [-0.2, -0.15) is 0 Å². The number of hydrogen-bond donors (Lipinski definition) is 1. The van der Waals surface area contributed by atoms with Gasteiger partial charge in [0.2, 0.25) is 5.91 Å². The van der Waals surface area contributed by atoms with E-state index < -0.39 is 6.10 Å². The number of likely N-dealkylation sites (N-methyl/N-ethyl adjacent to an activating group) is 2. The molecule has 18 heavy (non-hydrogen) atoms. The highest BCUT2D eigenvalue weighted by Crippen LogP contribution is 2.16. The quantitative estimate of drug-likeness (QED) is 0.879. The largest absolute Gasteiger partial charge is 0.387 e. The Balaban J connectivity index is 2.51. The van der Waals surface area contributed by atoms with Crippen LogP contribution >= 0.6 is 11.6 Å². The molecule has 0 bridgehead atoms. The maximum Gasteiger partial charge on any atom is 0.236 e. The lowest BCUT2D eigenvalue weighted by atomic mass is 10.1. The van der Waals surface area contributed by atoms with Crippen molar-refractivity contribution < 1.29 is 9.90 Å². The van der Waals surface area contributed by atoms with Crippen molar-refractivity contribution in [2.24, 2.45) is 0 Å². The van der Waals surface area contributed by atoms with Gasteiger partial charge < -0.3 is 10.0 Å². The minimum atomic E-state index is -0.623. The van der Waals surface area contributed by atoms with Crippen LogP contribution in [0.1, 0.15) is 11.7 Å². The first-order chi connectivity index (χ1) is 8.40. The van der Waals surface area contributed by atoms with Crippen molar-refractivity contribution in [2.45, 2.75) is 6.10 Å². The van der Waals surface area contributed by atoms with Crippen molar-refractivity contribution in [3.63, 3.8) is 0 Å². The van der Waals surface area contributed by atoms with Crippen molar-refractivity contribution in [3.8, 4) is 0 Å². The highest BCUT2D eigenvalue weighted by atomic mass is 35.5. The van der Waals surface area contributed by atoms with Gasteiger partial charge >= 0.3 is 0 Å². The van der Waals surface area contributed by atoms with Gasteiger partial charge in [0.15, 0.2) is 0 Å². The van der Waals surface area contributed by atoms with Crippen LogP contribution in [0.5, 0.6) is 0 Å². The molecule has 0 fully saturated rings. The fourth-order valence-corrected chi connectivity index (χ4v) is 1.65. The third kappa shape index (κ3) is 4.64. The van der Waals surface area contributed by atoms with E-state index in [0.29, 0.717) is 11.6 Å². The Bertz CT molecular complexity index is 392. The van der Waals surface area contributed by atoms with Gasteiger partial charge in [0, 0.05) is 25.7 Å². The molecule has 1 unspecified atom stereocenters. The Morgan fingerprint density at radius 2 is 1.83 bits per heavy atom. The van der Waals surface area contributed by atoms with E-state index >= 15 is 0 Å². The molecule has 4 nitrogen and oxygen atoms in total. The summed E-state index contributed by atoms with van der Waals surface area (Å²) in [5.74, 6) is 0.0146. The van der Waals surface area contributed by atoms with Crippen LogP contribution in [-0.4, -0.2) is 55.0 Å². The maximum atomic E-state index is 11.5. The monoisotopic (exact) mass is 270 g/mol. The lowest BCUT2D eigenvalue weighted by molar-refractivity contribution is -0.129. The van der Waals surface area contributed by atoms with Crippen molar-refractivity contribution in [3.05, 3.63) is 34.9 Å². The van der Waals surface area contributed by atoms with Crippen LogP contribution in [0, 0.1) is 0 Å². The normalized spacial score (nSPS) is 12.6. The van der Waals surface area contributed by atoms with Crippen LogP contribution in [0.25, 0.3) is 0 Å². The number of nitrogens with zero attached hydrogens (tertiary/aromatic N) is 2. The van der Waals surface area contributed by atoms with Crippen LogP contribution in [-0.2, 0) is 4.79 Å². The van der Waals surface area contributed by atoms with E-state index in [4.69, 9.17) is 11.6 Å². The molecular weight excluding hydrogens is 252 g/mol. The summed E-state index contributed by atoms with van der Waals surface area (Å²) in [5, 5.41) is 10.7. The van der Waals surface area contributed by atoms with E-state index in [1.165, 1.54) is 4.90 Å². The third-order valence-electron chi connectivity index (χ3n) is 2.64. The summed E-state index contributed by atoms with van der Waals surface area (Å²) >= 11 is 5.78. The molecular formula is C13H19ClN2O2. The molecule has 100 valence electrons. The van der Waals surface area contributed by atoms with Crippen LogP contribution in [0.15, 0.2) is 24.3 Å². The zero-order chi connectivity index (χ0) is 13.7. The SMILES string of the molecule is CN(CC(=O)N(C)C)CC(O)c1ccc(Cl)cc1. The molecule has 0 aromatic heterocycles. The second kappa shape index (κ2) is 6.73. The number of carbonyl (C=O) groups is 1. The molecule has 1 amide bonds. The lowest BCUT2D eigenvalue weighted by Gasteiger charge is -2.22. The molecule has 1 rings (SSSR count). The summed E-state index contributed by atoms with van der Waals surface area (Å²) in [6.45, 7) is 0.693. The standard InChI is InChI=1S/C13H19ClN2O2/c1-15(2)13(18)9-16(3)8-12(17)10-4-6-11(14)7-5-10/h4-7,12,17H,8-9H2,1-3H3. The number of halogens is 1. The Morgan fingerprint density at radius 1 is 1.28 bits per heavy atom. The zero-order valence-corrected chi connectivity index (χ0v) is 11.7. The Morgan fingerprint density at radius 3 is 2.33 bits per heavy atom. The van der Waals surface area contributed by atoms with E-state index in [2.05, 4.69) is 0 Å². The minimum absolute atomic E-state index is 0.0146. The van der Waals surface area contributed by atoms with Gasteiger partial charge in [-0.05, 0) is 24.7 Å². The summed E-state index contributed by atoms with van der Waals surface area (Å²) in [6.07, 6.45) is -0.623. The number of hydrogen-bond acceptors (Lipinski definition) is 3. The average molecular weight is 271 g/mol. The predicted octanol–water partition coefficient (Wildman–Crippen LogP) is 1.39. The summed E-state index contributed by atoms with van der Waals surface area (Å²) in [4.78, 5) is 14.8. The highest BCUT2D eigenvalue weighted by molar-refractivity contribution is 6.30. The number of benzene rings is 1. The smallest absolute Gasteiger partial charge is 0.236 e. The summed E-state index contributed by atoms with van der Waals surface area (Å²) < 4.78 is 0. The Hall–Kier alpha value is -1.10. The van der Waals surface area contributed by atoms with Gasteiger partial charge in [0.25, 0.3) is 0 Å². The molecule has 0 saturated heterocycles. The van der Waals surface area contributed by atoms with Crippen LogP contribution in [0.3, 0.4) is 0 Å². The van der Waals surface area contributed by atoms with Crippen LogP contribution in [0.2, 0.25) is 5.02 Å². The number of carbonyl (C=O) groups excluding carboxylic acids is 1. The molecule has 0 heterocycles. The van der Waals surface area contributed by atoms with Crippen molar-refractivity contribution in [2.75, 3.05) is 34.2 Å². The third-order valence-corrected chi connectivity index (χ3v) is 2.90. The van der Waals surface area contributed by atoms with E-state index in [0.717, 1.165) is 5.56 Å². The topological polar surface area (TPSA) is 43.8 Å². The summed E-state index contributed by atoms with van der Waals surface area (Å²) in [6, 6.07) is 7.05. The lowest BCUT2D eigenvalue weighted by Crippen LogP contribution is -2.36. The van der Waals surface area contributed by atoms with Crippen LogP contribution < -0.4 is 0 Å². The minimum Gasteiger partial charge on any atom is -0.387 e. The molecule has 1 atom stereocenters. The predicted molar refractivity (Wildman–Crippen MR) is 72.6 cm³/mol. The molecule has 1 aromatic carbocycles. The van der Waals surface area contributed by atoms with Crippen LogP contribution in [0.4, 0.5) is 0 Å². The van der Waals surface area contributed by atoms with Gasteiger partial charge in [0.1, 0.15) is 0 Å². The second-order valence-corrected chi connectivity index (χ2v) is 4.99. The number of amides is 1. The van der Waals surface area contributed by atoms with E-state index in [-0.39, 0.29) is 12.5 Å². The first kappa shape index (κ1) is 15.0. The fourth-order valence-electron chi connectivity index (χ4n) is 1.52. The molecule has 0 aliphatic rings. The average Bonchev–Trinajstić information content (AvgIpc) is 2.29. The van der Waals surface area contributed by atoms with E-state index in [1.54, 1.807) is 50.3 Å². The molecule has 1 N–H and O–H groups in total. The maximum absolute atomic E-state index is 11.5. The van der Waals surface area contributed by atoms with Crippen molar-refractivity contribution in [1.82, 2.24) is 9.80 Å². The van der Waals surface area contributed by atoms with Gasteiger partial charge in [-0.15, -0.1) is 0 Å². The number of aliphatic hydroxyl groups is 1. The molecule has 1 aromatic rings. The second-order valence-electron chi connectivity index (χ2n) is 4.55. The number of aliphatic hydroxyl groups excluding tert-OH is 1. The molecule has 0 aliphatic carbocycles. The molecule has 0 aliphatic heterocycles. The molecule has 5 heteroatoms. The van der Waals surface area contributed by atoms with Gasteiger partial charge in [0.05, 0.1) is 12.6 Å². The van der Waals surface area contributed by atoms with Gasteiger partial charge in [-0.3, -0.25) is 9.69 Å². The summed E-state index contributed by atoms with van der Waals surface area (Å²) in [5.41, 5.74) is 0.795. The molecule has 0 spiro atoms. The number of rotatable bonds is 5. The van der Waals surface area contributed by atoms with Gasteiger partial charge in [-0.1, -0.05) is 23.7 Å². The fraction of sp³-hybridized carbons (Fsp3) is 0.462. The zero-order valence-electron chi connectivity index (χ0n) is 10.9. The summed E-state index contributed by atoms with van der Waals surface area (Å²) in [7, 11) is 5.23. The first-order valence-corrected chi connectivity index (χ1v) is 6.10. The van der Waals surface area contributed by atoms with Crippen molar-refractivity contribution in [1.29, 1.82) is 0 Å². The highest BCUT2D eigenvalue weighted by Gasteiger charge is 2.14. The molecule has 0 saturated carbocycles. The van der Waals surface area contributed by atoms with E-state index in [1.807, 2.05) is 0 Å². The molecule has 0 radical (unpaired) electrons. The van der Waals surface area contributed by atoms with Gasteiger partial charge in [-0.25, -0.2) is 0 Å². The Kier molecular flexibility index (Phi) is 5.59. The first-order valence-electron chi connectivity index (χ1n) is 5.72. The van der Waals surface area contributed by atoms with E-state index in [9.17, 15) is 9.90 Å². The van der Waals surface area contributed by atoms with Crippen molar-refractivity contribution >= 4 is 17.5 Å². The Labute approximate surface area is 113 Å².